The molecule has 15 heteroatoms. The van der Waals surface area contributed by atoms with E-state index in [1.807, 2.05) is 0 Å². The van der Waals surface area contributed by atoms with Gasteiger partial charge in [-0.05, 0) is 37.1 Å². The quantitative estimate of drug-likeness (QED) is 0.108. The fourth-order valence-electron chi connectivity index (χ4n) is 3.61. The lowest BCUT2D eigenvalue weighted by Crippen LogP contribution is -2.51. The molecule has 0 bridgehead atoms. The summed E-state index contributed by atoms with van der Waals surface area (Å²) in [4.78, 5) is 68.4. The van der Waals surface area contributed by atoms with Crippen LogP contribution in [0, 0.1) is 0 Å². The highest BCUT2D eigenvalue weighted by atomic mass is 33.1. The smallest absolute Gasteiger partial charge is 0.305 e. The summed E-state index contributed by atoms with van der Waals surface area (Å²) in [7, 11) is 2.54. The van der Waals surface area contributed by atoms with Gasteiger partial charge in [0, 0.05) is 16.3 Å². The fraction of sp³-hybridized carbons (Fsp3) is 0.280. The number of aliphatic imine (C=N–C) groups is 1. The van der Waals surface area contributed by atoms with Gasteiger partial charge in [0.25, 0.3) is 5.91 Å². The minimum atomic E-state index is -1.40. The molecule has 0 aromatic heterocycles. The van der Waals surface area contributed by atoms with E-state index in [0.717, 1.165) is 0 Å². The summed E-state index contributed by atoms with van der Waals surface area (Å²) in [6.45, 7) is -0.335. The number of nitrogens with one attached hydrogen (secondary N) is 4. The average Bonchev–Trinajstić information content (AvgIpc) is 2.91. The van der Waals surface area contributed by atoms with E-state index in [1.54, 1.807) is 48.5 Å². The van der Waals surface area contributed by atoms with Crippen molar-refractivity contribution in [3.05, 3.63) is 54.1 Å². The Morgan fingerprint density at radius 3 is 2.33 bits per heavy atom. The summed E-state index contributed by atoms with van der Waals surface area (Å²) in [5.41, 5.74) is 11.4. The Labute approximate surface area is 237 Å². The van der Waals surface area contributed by atoms with Gasteiger partial charge in [-0.2, -0.15) is 0 Å². The Kier molecular flexibility index (Phi) is 11.2. The highest BCUT2D eigenvalue weighted by molar-refractivity contribution is 8.76. The van der Waals surface area contributed by atoms with E-state index in [1.165, 1.54) is 21.6 Å². The van der Waals surface area contributed by atoms with Crippen LogP contribution in [0.3, 0.4) is 0 Å². The molecule has 3 rings (SSSR count). The second-order valence-corrected chi connectivity index (χ2v) is 10.8. The highest BCUT2D eigenvalue weighted by Crippen LogP contribution is 2.42. The van der Waals surface area contributed by atoms with Gasteiger partial charge in [0.15, 0.2) is 5.96 Å². The molecule has 0 saturated carbocycles. The van der Waals surface area contributed by atoms with Gasteiger partial charge < -0.3 is 37.8 Å². The number of rotatable bonds is 6. The van der Waals surface area contributed by atoms with Gasteiger partial charge in [-0.25, -0.2) is 0 Å². The van der Waals surface area contributed by atoms with Crippen LogP contribution in [0.4, 0.5) is 5.69 Å². The van der Waals surface area contributed by atoms with Gasteiger partial charge in [0.1, 0.15) is 12.1 Å². The molecule has 0 fully saturated rings. The number of nitrogens with two attached hydrogens (primary N) is 2. The zero-order valence-electron chi connectivity index (χ0n) is 21.2. The van der Waals surface area contributed by atoms with Crippen LogP contribution < -0.4 is 32.7 Å². The molecule has 0 aliphatic carbocycles. The topological polar surface area (TPSA) is 218 Å². The van der Waals surface area contributed by atoms with Crippen molar-refractivity contribution in [3.63, 3.8) is 0 Å². The maximum Gasteiger partial charge on any atom is 0.305 e. The molecular formula is C25H29N7O6S2. The summed E-state index contributed by atoms with van der Waals surface area (Å²) < 4.78 is 0. The Balaban J connectivity index is 1.94. The number of hydrogen-bond donors (Lipinski definition) is 7. The monoisotopic (exact) mass is 587 g/mol. The fourth-order valence-corrected chi connectivity index (χ4v) is 5.93. The Hall–Kier alpha value is -4.24. The van der Waals surface area contributed by atoms with E-state index in [9.17, 15) is 29.1 Å². The molecule has 0 spiro atoms. The summed E-state index contributed by atoms with van der Waals surface area (Å²) >= 11 is 0. The average molecular weight is 588 g/mol. The minimum Gasteiger partial charge on any atom is -0.481 e. The lowest BCUT2D eigenvalue weighted by atomic mass is 10.1. The van der Waals surface area contributed by atoms with E-state index >= 15 is 0 Å². The lowest BCUT2D eigenvalue weighted by molar-refractivity contribution is -0.140. The third kappa shape index (κ3) is 9.20. The van der Waals surface area contributed by atoms with Crippen LogP contribution in [0.25, 0.3) is 0 Å². The lowest BCUT2D eigenvalue weighted by Gasteiger charge is -2.20. The first-order valence-electron chi connectivity index (χ1n) is 12.1. The molecule has 2 aromatic carbocycles. The van der Waals surface area contributed by atoms with Crippen LogP contribution in [0.5, 0.6) is 0 Å². The molecule has 9 N–H and O–H groups in total. The van der Waals surface area contributed by atoms with E-state index in [4.69, 9.17) is 11.5 Å². The first kappa shape index (κ1) is 30.3. The van der Waals surface area contributed by atoms with Gasteiger partial charge >= 0.3 is 5.97 Å². The summed E-state index contributed by atoms with van der Waals surface area (Å²) in [5.74, 6) is -4.07. The Morgan fingerprint density at radius 1 is 0.925 bits per heavy atom. The predicted molar refractivity (Wildman–Crippen MR) is 152 cm³/mol. The van der Waals surface area contributed by atoms with Crippen LogP contribution >= 0.6 is 21.6 Å². The van der Waals surface area contributed by atoms with Crippen molar-refractivity contribution < 1.29 is 29.1 Å². The standard InChI is InChI=1S/C25H29N7O6S2/c26-25(27)28-11-5-8-16-23(37)29-13-20(33)30-17(12-21(34)35)24(38)31-15-7-2-4-10-19(15)40-39-18-9-3-1-6-14(18)22(36)32-16/h1-4,6-7,9-10,16-17H,5,8,11-13H2,(H,29,37)(H,30,33)(H,31,38)(H,32,36)(H,34,35)(H4,26,27,28)/t16-,17-/m0/s1. The zero-order valence-corrected chi connectivity index (χ0v) is 22.8. The number of guanidine groups is 1. The number of aliphatic carboxylic acids is 1. The van der Waals surface area contributed by atoms with Crippen molar-refractivity contribution in [3.8, 4) is 0 Å². The summed E-state index contributed by atoms with van der Waals surface area (Å²) in [6, 6.07) is 11.3. The van der Waals surface area contributed by atoms with E-state index in [2.05, 4.69) is 26.3 Å². The molecule has 0 saturated heterocycles. The molecular weight excluding hydrogens is 558 g/mol. The molecule has 13 nitrogen and oxygen atoms in total. The molecule has 40 heavy (non-hydrogen) atoms. The normalized spacial score (nSPS) is 18.5. The third-order valence-corrected chi connectivity index (χ3v) is 8.00. The van der Waals surface area contributed by atoms with Crippen molar-refractivity contribution >= 4 is 62.8 Å². The maximum absolute atomic E-state index is 13.3. The molecule has 2 atom stereocenters. The van der Waals surface area contributed by atoms with Crippen molar-refractivity contribution in [2.45, 2.75) is 41.1 Å². The maximum atomic E-state index is 13.3. The van der Waals surface area contributed by atoms with Gasteiger partial charge in [-0.15, -0.1) is 0 Å². The van der Waals surface area contributed by atoms with Crippen molar-refractivity contribution in [2.75, 3.05) is 18.4 Å². The molecule has 0 radical (unpaired) electrons. The van der Waals surface area contributed by atoms with Gasteiger partial charge in [0.2, 0.25) is 17.7 Å². The number of fused-ring (bicyclic) bond motifs is 2. The van der Waals surface area contributed by atoms with Crippen molar-refractivity contribution in [1.82, 2.24) is 16.0 Å². The van der Waals surface area contributed by atoms with Crippen LogP contribution in [0.2, 0.25) is 0 Å². The third-order valence-electron chi connectivity index (χ3n) is 5.52. The van der Waals surface area contributed by atoms with Crippen LogP contribution in [-0.2, 0) is 19.2 Å². The Morgan fingerprint density at radius 2 is 1.60 bits per heavy atom. The van der Waals surface area contributed by atoms with Gasteiger partial charge in [-0.1, -0.05) is 45.9 Å². The van der Waals surface area contributed by atoms with Crippen LogP contribution in [0.1, 0.15) is 29.6 Å². The van der Waals surface area contributed by atoms with Gasteiger partial charge in [-0.3, -0.25) is 29.0 Å². The molecule has 1 aliphatic rings. The number of carboxylic acids is 1. The van der Waals surface area contributed by atoms with Crippen molar-refractivity contribution in [1.29, 1.82) is 0 Å². The first-order chi connectivity index (χ1) is 19.1. The molecule has 1 aliphatic heterocycles. The number of carboxylic acid groups (broad SMARTS) is 1. The van der Waals surface area contributed by atoms with E-state index in [0.29, 0.717) is 27.5 Å². The second-order valence-electron chi connectivity index (χ2n) is 8.56. The largest absolute Gasteiger partial charge is 0.481 e. The number of amides is 4. The van der Waals surface area contributed by atoms with E-state index < -0.39 is 54.6 Å². The van der Waals surface area contributed by atoms with Crippen molar-refractivity contribution in [2.24, 2.45) is 16.5 Å². The zero-order chi connectivity index (χ0) is 29.1. The SMILES string of the molecule is NC(N)=NCCC[C@@H]1NC(=O)c2ccccc2SSc2ccccc2NC(=O)[C@H](CC(=O)O)NC(=O)CNC1=O. The van der Waals surface area contributed by atoms with Crippen LogP contribution in [-0.4, -0.2) is 65.8 Å². The number of nitrogens with zero attached hydrogens (tertiary/aromatic N) is 1. The summed E-state index contributed by atoms with van der Waals surface area (Å²) in [6.07, 6.45) is -0.157. The number of para-hydroxylation sites is 1. The molecule has 1 heterocycles. The minimum absolute atomic E-state index is 0.107. The number of benzene rings is 2. The number of anilines is 1. The van der Waals surface area contributed by atoms with Gasteiger partial charge in [0.05, 0.1) is 24.2 Å². The number of carbonyl (C=O) groups excluding carboxylic acids is 4. The first-order valence-corrected chi connectivity index (χ1v) is 14.3. The number of carbonyl (C=O) groups is 5. The summed E-state index contributed by atoms with van der Waals surface area (Å²) in [5, 5.41) is 19.5. The van der Waals surface area contributed by atoms with E-state index in [-0.39, 0.29) is 18.9 Å². The predicted octanol–water partition coefficient (Wildman–Crippen LogP) is 0.666. The molecule has 212 valence electrons. The second kappa shape index (κ2) is 14.8. The Bertz CT molecular complexity index is 1300. The molecule has 4 amide bonds. The number of hydrogen-bond acceptors (Lipinski definition) is 8. The van der Waals surface area contributed by atoms with Crippen LogP contribution in [0.15, 0.2) is 63.3 Å². The molecule has 0 unspecified atom stereocenters. The highest BCUT2D eigenvalue weighted by Gasteiger charge is 2.27. The molecule has 2 aromatic rings.